The Kier molecular flexibility index (Phi) is 5.58. The largest absolute Gasteiger partial charge is 0.482 e. The number of benzene rings is 2. The second kappa shape index (κ2) is 7.94. The lowest BCUT2D eigenvalue weighted by Gasteiger charge is -2.29. The zero-order valence-electron chi connectivity index (χ0n) is 15.4. The Morgan fingerprint density at radius 2 is 1.93 bits per heavy atom. The van der Waals surface area contributed by atoms with Crippen LogP contribution in [0.15, 0.2) is 42.5 Å². The van der Waals surface area contributed by atoms with Gasteiger partial charge < -0.3 is 15.0 Å². The van der Waals surface area contributed by atoms with Crippen molar-refractivity contribution in [2.75, 3.05) is 23.4 Å². The highest BCUT2D eigenvalue weighted by molar-refractivity contribution is 6.02. The van der Waals surface area contributed by atoms with Crippen LogP contribution >= 0.6 is 0 Å². The van der Waals surface area contributed by atoms with Gasteiger partial charge >= 0.3 is 6.18 Å². The van der Waals surface area contributed by atoms with Crippen molar-refractivity contribution in [3.05, 3.63) is 53.6 Å². The van der Waals surface area contributed by atoms with Crippen molar-refractivity contribution in [1.29, 1.82) is 0 Å². The summed E-state index contributed by atoms with van der Waals surface area (Å²) in [6.07, 6.45) is -4.66. The van der Waals surface area contributed by atoms with Crippen molar-refractivity contribution in [3.8, 4) is 5.75 Å². The molecule has 0 aromatic heterocycles. The van der Waals surface area contributed by atoms with E-state index in [0.29, 0.717) is 17.0 Å². The highest BCUT2D eigenvalue weighted by atomic mass is 19.4. The standard InChI is InChI=1S/C20H17F3N2O4/c1-12(26)13-5-6-17-16(9-13)25(19(28)11-29-17)8-7-18(27)24-15-4-2-3-14(10-15)20(21,22)23/h2-6,9-10H,7-8,11H2,1H3,(H,24,27). The molecule has 152 valence electrons. The fourth-order valence-corrected chi connectivity index (χ4v) is 2.88. The van der Waals surface area contributed by atoms with Crippen molar-refractivity contribution in [2.45, 2.75) is 19.5 Å². The number of fused-ring (bicyclic) bond motifs is 1. The molecule has 2 aromatic rings. The predicted molar refractivity (Wildman–Crippen MR) is 99.0 cm³/mol. The van der Waals surface area contributed by atoms with Crippen LogP contribution in [0.3, 0.4) is 0 Å². The number of alkyl halides is 3. The zero-order chi connectivity index (χ0) is 21.2. The third-order valence-electron chi connectivity index (χ3n) is 4.34. The molecule has 1 N–H and O–H groups in total. The average molecular weight is 406 g/mol. The Morgan fingerprint density at radius 1 is 1.17 bits per heavy atom. The monoisotopic (exact) mass is 406 g/mol. The number of anilines is 2. The van der Waals surface area contributed by atoms with Crippen molar-refractivity contribution in [2.24, 2.45) is 0 Å². The van der Waals surface area contributed by atoms with Gasteiger partial charge in [-0.2, -0.15) is 13.2 Å². The molecule has 2 aromatic carbocycles. The molecule has 1 heterocycles. The van der Waals surface area contributed by atoms with E-state index in [1.165, 1.54) is 30.0 Å². The summed E-state index contributed by atoms with van der Waals surface area (Å²) in [6, 6.07) is 8.96. The number of ether oxygens (including phenoxy) is 1. The van der Waals surface area contributed by atoms with Gasteiger partial charge in [0.25, 0.3) is 5.91 Å². The number of nitrogens with one attached hydrogen (secondary N) is 1. The number of carbonyl (C=O) groups is 3. The molecule has 0 atom stereocenters. The van der Waals surface area contributed by atoms with E-state index < -0.39 is 17.6 Å². The quantitative estimate of drug-likeness (QED) is 0.769. The van der Waals surface area contributed by atoms with Gasteiger partial charge in [0.1, 0.15) is 5.75 Å². The molecule has 0 aliphatic carbocycles. The molecule has 6 nitrogen and oxygen atoms in total. The number of carbonyl (C=O) groups excluding carboxylic acids is 3. The summed E-state index contributed by atoms with van der Waals surface area (Å²) in [6.45, 7) is 1.17. The van der Waals surface area contributed by atoms with Gasteiger partial charge in [-0.15, -0.1) is 0 Å². The zero-order valence-corrected chi connectivity index (χ0v) is 15.4. The third kappa shape index (κ3) is 4.74. The Balaban J connectivity index is 1.70. The molecule has 0 bridgehead atoms. The molecule has 2 amide bonds. The van der Waals surface area contributed by atoms with E-state index >= 15 is 0 Å². The number of halogens is 3. The van der Waals surface area contributed by atoms with Crippen LogP contribution in [0.2, 0.25) is 0 Å². The van der Waals surface area contributed by atoms with E-state index in [-0.39, 0.29) is 37.0 Å². The summed E-state index contributed by atoms with van der Waals surface area (Å²) in [5.74, 6) is -0.709. The van der Waals surface area contributed by atoms with Gasteiger partial charge in [0.15, 0.2) is 12.4 Å². The summed E-state index contributed by atoms with van der Waals surface area (Å²) >= 11 is 0. The molecule has 0 radical (unpaired) electrons. The summed E-state index contributed by atoms with van der Waals surface area (Å²) < 4.78 is 43.7. The molecule has 1 aliphatic rings. The van der Waals surface area contributed by atoms with Crippen molar-refractivity contribution < 1.29 is 32.3 Å². The number of hydrogen-bond donors (Lipinski definition) is 1. The first-order chi connectivity index (χ1) is 13.6. The smallest absolute Gasteiger partial charge is 0.416 e. The SMILES string of the molecule is CC(=O)c1ccc2c(c1)N(CCC(=O)Nc1cccc(C(F)(F)F)c1)C(=O)CO2. The first-order valence-electron chi connectivity index (χ1n) is 8.70. The highest BCUT2D eigenvalue weighted by Gasteiger charge is 2.30. The number of nitrogens with zero attached hydrogens (tertiary/aromatic N) is 1. The first kappa shape index (κ1) is 20.4. The molecule has 0 saturated carbocycles. The van der Waals surface area contributed by atoms with Crippen molar-refractivity contribution in [1.82, 2.24) is 0 Å². The lowest BCUT2D eigenvalue weighted by Crippen LogP contribution is -2.40. The van der Waals surface area contributed by atoms with Crippen LogP contribution in [-0.2, 0) is 15.8 Å². The molecule has 0 unspecified atom stereocenters. The number of hydrogen-bond acceptors (Lipinski definition) is 4. The van der Waals surface area contributed by atoms with E-state index in [0.717, 1.165) is 12.1 Å². The third-order valence-corrected chi connectivity index (χ3v) is 4.34. The summed E-state index contributed by atoms with van der Waals surface area (Å²) in [5, 5.41) is 2.40. The number of Topliss-reactive ketones (excluding diaryl/α,β-unsaturated/α-hetero) is 1. The fraction of sp³-hybridized carbons (Fsp3) is 0.250. The van der Waals surface area contributed by atoms with Crippen LogP contribution in [0, 0.1) is 0 Å². The van der Waals surface area contributed by atoms with Gasteiger partial charge in [0.2, 0.25) is 5.91 Å². The molecule has 3 rings (SSSR count). The Bertz CT molecular complexity index is 972. The molecule has 1 aliphatic heterocycles. The second-order valence-electron chi connectivity index (χ2n) is 6.45. The maximum Gasteiger partial charge on any atom is 0.416 e. The van der Waals surface area contributed by atoms with Crippen LogP contribution in [0.4, 0.5) is 24.5 Å². The minimum Gasteiger partial charge on any atom is -0.482 e. The Morgan fingerprint density at radius 3 is 2.62 bits per heavy atom. The van der Waals surface area contributed by atoms with Gasteiger partial charge in [-0.3, -0.25) is 14.4 Å². The van der Waals surface area contributed by atoms with Crippen molar-refractivity contribution in [3.63, 3.8) is 0 Å². The maximum absolute atomic E-state index is 12.8. The Labute approximate surface area is 164 Å². The molecule has 0 fully saturated rings. The van der Waals surface area contributed by atoms with Gasteiger partial charge in [-0.1, -0.05) is 6.07 Å². The van der Waals surface area contributed by atoms with E-state index in [1.807, 2.05) is 0 Å². The van der Waals surface area contributed by atoms with Gasteiger partial charge in [-0.25, -0.2) is 0 Å². The van der Waals surface area contributed by atoms with Crippen LogP contribution < -0.4 is 15.0 Å². The first-order valence-corrected chi connectivity index (χ1v) is 8.70. The number of ketones is 1. The van der Waals surface area contributed by atoms with E-state index in [4.69, 9.17) is 4.74 Å². The highest BCUT2D eigenvalue weighted by Crippen LogP contribution is 2.33. The van der Waals surface area contributed by atoms with Gasteiger partial charge in [0.05, 0.1) is 11.3 Å². The lowest BCUT2D eigenvalue weighted by molar-refractivity contribution is -0.137. The number of rotatable bonds is 5. The fourth-order valence-electron chi connectivity index (χ4n) is 2.88. The summed E-state index contributed by atoms with van der Waals surface area (Å²) in [5.41, 5.74) is -0.0944. The Hall–Kier alpha value is -3.36. The van der Waals surface area contributed by atoms with Gasteiger partial charge in [-0.05, 0) is 43.3 Å². The van der Waals surface area contributed by atoms with E-state index in [9.17, 15) is 27.6 Å². The second-order valence-corrected chi connectivity index (χ2v) is 6.45. The predicted octanol–water partition coefficient (Wildman–Crippen LogP) is 3.66. The molecule has 0 spiro atoms. The minimum absolute atomic E-state index is 0.0115. The molecule has 9 heteroatoms. The lowest BCUT2D eigenvalue weighted by atomic mass is 10.1. The molecular weight excluding hydrogens is 389 g/mol. The summed E-state index contributed by atoms with van der Waals surface area (Å²) in [7, 11) is 0. The van der Waals surface area contributed by atoms with Crippen LogP contribution in [0.5, 0.6) is 5.75 Å². The maximum atomic E-state index is 12.8. The summed E-state index contributed by atoms with van der Waals surface area (Å²) in [4.78, 5) is 37.3. The average Bonchev–Trinajstić information content (AvgIpc) is 2.66. The van der Waals surface area contributed by atoms with Crippen LogP contribution in [0.25, 0.3) is 0 Å². The van der Waals surface area contributed by atoms with E-state index in [1.54, 1.807) is 12.1 Å². The molecule has 29 heavy (non-hydrogen) atoms. The topological polar surface area (TPSA) is 75.7 Å². The van der Waals surface area contributed by atoms with Gasteiger partial charge in [0, 0.05) is 24.2 Å². The van der Waals surface area contributed by atoms with Crippen LogP contribution in [0.1, 0.15) is 29.3 Å². The normalized spacial score (nSPS) is 13.5. The number of amides is 2. The molecular formula is C20H17F3N2O4. The van der Waals surface area contributed by atoms with Crippen molar-refractivity contribution >= 4 is 29.0 Å². The van der Waals surface area contributed by atoms with E-state index in [2.05, 4.69) is 5.32 Å². The molecule has 0 saturated heterocycles. The van der Waals surface area contributed by atoms with Crippen LogP contribution in [-0.4, -0.2) is 30.7 Å². The minimum atomic E-state index is -4.51.